The normalized spacial score (nSPS) is 10.6. The van der Waals surface area contributed by atoms with E-state index >= 15 is 0 Å². The van der Waals surface area contributed by atoms with E-state index in [0.29, 0.717) is 0 Å². The first-order valence-corrected chi connectivity index (χ1v) is 6.76. The standard InChI is InChI=1S/C9H9BrN2OS2/c1-5-6(2)13-11-9(5)12-15-7-3-4-14-8(7)10/h3-4H,1-2H3,(H,11,12). The summed E-state index contributed by atoms with van der Waals surface area (Å²) in [6.45, 7) is 3.88. The lowest BCUT2D eigenvalue weighted by Gasteiger charge is -2.00. The SMILES string of the molecule is Cc1onc(NSc2ccsc2Br)c1C. The van der Waals surface area contributed by atoms with Crippen molar-refractivity contribution in [3.63, 3.8) is 0 Å². The molecule has 2 aromatic rings. The largest absolute Gasteiger partial charge is 0.359 e. The Bertz CT molecular complexity index is 466. The van der Waals surface area contributed by atoms with E-state index in [2.05, 4.69) is 31.9 Å². The second-order valence-electron chi connectivity index (χ2n) is 2.98. The lowest BCUT2D eigenvalue weighted by atomic mass is 10.3. The van der Waals surface area contributed by atoms with Crippen LogP contribution in [-0.4, -0.2) is 5.16 Å². The van der Waals surface area contributed by atoms with Gasteiger partial charge in [-0.1, -0.05) is 5.16 Å². The second-order valence-corrected chi connectivity index (χ2v) is 6.06. The van der Waals surface area contributed by atoms with Crippen molar-refractivity contribution in [3.8, 4) is 0 Å². The lowest BCUT2D eigenvalue weighted by molar-refractivity contribution is 0.399. The van der Waals surface area contributed by atoms with Gasteiger partial charge in [0.05, 0.1) is 8.68 Å². The second kappa shape index (κ2) is 4.59. The quantitative estimate of drug-likeness (QED) is 0.861. The minimum absolute atomic E-state index is 0.788. The zero-order chi connectivity index (χ0) is 10.8. The highest BCUT2D eigenvalue weighted by atomic mass is 79.9. The Labute approximate surface area is 104 Å². The molecule has 0 spiro atoms. The Hall–Kier alpha value is -0.460. The van der Waals surface area contributed by atoms with Crippen LogP contribution in [0.15, 0.2) is 24.7 Å². The van der Waals surface area contributed by atoms with E-state index in [1.165, 1.54) is 11.9 Å². The third kappa shape index (κ3) is 2.38. The van der Waals surface area contributed by atoms with E-state index in [9.17, 15) is 0 Å². The molecule has 0 unspecified atom stereocenters. The molecule has 0 aliphatic rings. The van der Waals surface area contributed by atoms with Crippen LogP contribution < -0.4 is 4.72 Å². The van der Waals surface area contributed by atoms with Crippen molar-refractivity contribution in [1.82, 2.24) is 5.16 Å². The van der Waals surface area contributed by atoms with Crippen molar-refractivity contribution < 1.29 is 4.52 Å². The van der Waals surface area contributed by atoms with Gasteiger partial charge in [0.2, 0.25) is 0 Å². The maximum atomic E-state index is 5.06. The van der Waals surface area contributed by atoms with Crippen molar-refractivity contribution in [1.29, 1.82) is 0 Å². The molecule has 1 N–H and O–H groups in total. The van der Waals surface area contributed by atoms with Crippen LogP contribution in [0.25, 0.3) is 0 Å². The summed E-state index contributed by atoms with van der Waals surface area (Å²) in [7, 11) is 0. The number of nitrogens with one attached hydrogen (secondary N) is 1. The molecule has 15 heavy (non-hydrogen) atoms. The molecule has 0 bridgehead atoms. The van der Waals surface area contributed by atoms with Gasteiger partial charge in [-0.05, 0) is 53.2 Å². The zero-order valence-electron chi connectivity index (χ0n) is 8.20. The molecule has 0 atom stereocenters. The van der Waals surface area contributed by atoms with E-state index < -0.39 is 0 Å². The van der Waals surface area contributed by atoms with Gasteiger partial charge in [0.1, 0.15) is 5.76 Å². The fourth-order valence-corrected chi connectivity index (χ4v) is 3.14. The van der Waals surface area contributed by atoms with Crippen LogP contribution in [0, 0.1) is 13.8 Å². The van der Waals surface area contributed by atoms with Gasteiger partial charge in [0.15, 0.2) is 5.82 Å². The van der Waals surface area contributed by atoms with Crippen LogP contribution in [0.2, 0.25) is 0 Å². The van der Waals surface area contributed by atoms with Crippen LogP contribution in [0.4, 0.5) is 5.82 Å². The number of nitrogens with zero attached hydrogens (tertiary/aromatic N) is 1. The Balaban J connectivity index is 2.05. The highest BCUT2D eigenvalue weighted by molar-refractivity contribution is 9.11. The maximum absolute atomic E-state index is 5.06. The number of anilines is 1. The third-order valence-electron chi connectivity index (χ3n) is 2.00. The Kier molecular flexibility index (Phi) is 3.38. The average molecular weight is 305 g/mol. The molecule has 0 radical (unpaired) electrons. The van der Waals surface area contributed by atoms with Gasteiger partial charge in [-0.2, -0.15) is 0 Å². The minimum Gasteiger partial charge on any atom is -0.359 e. The number of aromatic nitrogens is 1. The summed E-state index contributed by atoms with van der Waals surface area (Å²) in [5.74, 6) is 1.64. The summed E-state index contributed by atoms with van der Waals surface area (Å²) in [5, 5.41) is 5.96. The number of thiophene rings is 1. The first-order valence-electron chi connectivity index (χ1n) is 4.27. The van der Waals surface area contributed by atoms with Crippen molar-refractivity contribution in [3.05, 3.63) is 26.6 Å². The summed E-state index contributed by atoms with van der Waals surface area (Å²) in [6.07, 6.45) is 0. The van der Waals surface area contributed by atoms with Gasteiger partial charge < -0.3 is 9.25 Å². The van der Waals surface area contributed by atoms with Crippen molar-refractivity contribution in [2.75, 3.05) is 4.72 Å². The molecule has 0 saturated heterocycles. The number of hydrogen-bond acceptors (Lipinski definition) is 5. The monoisotopic (exact) mass is 304 g/mol. The summed E-state index contributed by atoms with van der Waals surface area (Å²) in [4.78, 5) is 1.15. The molecule has 0 amide bonds. The molecule has 0 aliphatic heterocycles. The Morgan fingerprint density at radius 1 is 1.53 bits per heavy atom. The molecular weight excluding hydrogens is 296 g/mol. The number of aryl methyl sites for hydroxylation is 1. The molecule has 2 rings (SSSR count). The van der Waals surface area contributed by atoms with Crippen LogP contribution in [0.1, 0.15) is 11.3 Å². The first kappa shape index (κ1) is 11.0. The third-order valence-corrected chi connectivity index (χ3v) is 4.93. The van der Waals surface area contributed by atoms with Crippen molar-refractivity contribution in [2.24, 2.45) is 0 Å². The molecule has 2 aromatic heterocycles. The van der Waals surface area contributed by atoms with Crippen LogP contribution in [0.3, 0.4) is 0 Å². The number of halogens is 1. The van der Waals surface area contributed by atoms with Gasteiger partial charge in [-0.25, -0.2) is 0 Å². The molecule has 6 heteroatoms. The van der Waals surface area contributed by atoms with Gasteiger partial charge in [-0.3, -0.25) is 0 Å². The predicted octanol–water partition coefficient (Wildman–Crippen LogP) is 4.23. The topological polar surface area (TPSA) is 38.1 Å². The molecule has 0 fully saturated rings. The van der Waals surface area contributed by atoms with Crippen LogP contribution in [-0.2, 0) is 0 Å². The smallest absolute Gasteiger partial charge is 0.182 e. The Morgan fingerprint density at radius 2 is 2.33 bits per heavy atom. The van der Waals surface area contributed by atoms with E-state index in [-0.39, 0.29) is 0 Å². The average Bonchev–Trinajstić information content (AvgIpc) is 2.74. The molecule has 0 saturated carbocycles. The van der Waals surface area contributed by atoms with Gasteiger partial charge in [0, 0.05) is 5.56 Å². The Morgan fingerprint density at radius 3 is 2.87 bits per heavy atom. The fraction of sp³-hybridized carbons (Fsp3) is 0.222. The van der Waals surface area contributed by atoms with E-state index in [0.717, 1.165) is 25.8 Å². The number of hydrogen-bond donors (Lipinski definition) is 1. The summed E-state index contributed by atoms with van der Waals surface area (Å²) in [6, 6.07) is 2.05. The molecule has 80 valence electrons. The molecular formula is C9H9BrN2OS2. The summed E-state index contributed by atoms with van der Waals surface area (Å²) < 4.78 is 9.35. The van der Waals surface area contributed by atoms with Crippen LogP contribution >= 0.6 is 39.2 Å². The van der Waals surface area contributed by atoms with Gasteiger partial charge in [0.25, 0.3) is 0 Å². The van der Waals surface area contributed by atoms with Crippen molar-refractivity contribution in [2.45, 2.75) is 18.7 Å². The maximum Gasteiger partial charge on any atom is 0.182 e. The minimum atomic E-state index is 0.788. The molecule has 0 aliphatic carbocycles. The van der Waals surface area contributed by atoms with Crippen LogP contribution in [0.5, 0.6) is 0 Å². The first-order chi connectivity index (χ1) is 7.18. The van der Waals surface area contributed by atoms with Crippen molar-refractivity contribution >= 4 is 45.0 Å². The lowest BCUT2D eigenvalue weighted by Crippen LogP contribution is -1.88. The molecule has 2 heterocycles. The highest BCUT2D eigenvalue weighted by Gasteiger charge is 2.09. The van der Waals surface area contributed by atoms with Gasteiger partial charge >= 0.3 is 0 Å². The predicted molar refractivity (Wildman–Crippen MR) is 67.5 cm³/mol. The van der Waals surface area contributed by atoms with Gasteiger partial charge in [-0.15, -0.1) is 11.3 Å². The fourth-order valence-electron chi connectivity index (χ4n) is 0.970. The molecule has 0 aromatic carbocycles. The highest BCUT2D eigenvalue weighted by Crippen LogP contribution is 2.33. The zero-order valence-corrected chi connectivity index (χ0v) is 11.4. The summed E-state index contributed by atoms with van der Waals surface area (Å²) >= 11 is 6.66. The summed E-state index contributed by atoms with van der Waals surface area (Å²) in [5.41, 5.74) is 1.05. The molecule has 3 nitrogen and oxygen atoms in total. The van der Waals surface area contributed by atoms with E-state index in [1.807, 2.05) is 19.2 Å². The number of rotatable bonds is 3. The van der Waals surface area contributed by atoms with E-state index in [1.54, 1.807) is 11.3 Å². The van der Waals surface area contributed by atoms with E-state index in [4.69, 9.17) is 4.52 Å².